The second-order valence-electron chi connectivity index (χ2n) is 6.06. The lowest BCUT2D eigenvalue weighted by molar-refractivity contribution is -0.136. The number of carbonyl (C=O) groups excluding carboxylic acids is 1. The Labute approximate surface area is 140 Å². The van der Waals surface area contributed by atoms with Crippen molar-refractivity contribution in [2.75, 3.05) is 13.6 Å². The first-order chi connectivity index (χ1) is 11.1. The van der Waals surface area contributed by atoms with Crippen LogP contribution in [0.25, 0.3) is 0 Å². The van der Waals surface area contributed by atoms with Gasteiger partial charge in [0.2, 0.25) is 5.91 Å². The fraction of sp³-hybridized carbons (Fsp3) is 0.412. The van der Waals surface area contributed by atoms with Crippen LogP contribution in [0.5, 0.6) is 0 Å². The van der Waals surface area contributed by atoms with Crippen molar-refractivity contribution in [1.82, 2.24) is 14.8 Å². The summed E-state index contributed by atoms with van der Waals surface area (Å²) in [5.74, 6) is 0.138. The van der Waals surface area contributed by atoms with E-state index in [1.807, 2.05) is 47.7 Å². The van der Waals surface area contributed by atoms with Crippen LogP contribution >= 0.6 is 11.3 Å². The molecule has 1 fully saturated rings. The second-order valence-corrected chi connectivity index (χ2v) is 7.04. The summed E-state index contributed by atoms with van der Waals surface area (Å²) >= 11 is 1.58. The van der Waals surface area contributed by atoms with Crippen molar-refractivity contribution >= 4 is 17.2 Å². The standard InChI is InChI=1S/C17H22N4OS/c1-20-11-14(18)9-15(20)17(22)21(12-16-19-7-8-23-16)10-13-5-3-2-4-6-13/h2-8,14-15H,9-12,18H2,1H3/t14-,15-/m0/s1. The summed E-state index contributed by atoms with van der Waals surface area (Å²) in [5, 5.41) is 2.90. The molecule has 5 nitrogen and oxygen atoms in total. The molecule has 1 aliphatic heterocycles. The molecular weight excluding hydrogens is 308 g/mol. The zero-order valence-electron chi connectivity index (χ0n) is 13.3. The van der Waals surface area contributed by atoms with Gasteiger partial charge in [-0.15, -0.1) is 11.3 Å². The fourth-order valence-electron chi connectivity index (χ4n) is 3.05. The molecule has 2 atom stereocenters. The molecule has 1 aliphatic rings. The summed E-state index contributed by atoms with van der Waals surface area (Å²) in [6.45, 7) is 1.91. The summed E-state index contributed by atoms with van der Waals surface area (Å²) in [6.07, 6.45) is 2.50. The van der Waals surface area contributed by atoms with Crippen molar-refractivity contribution in [2.24, 2.45) is 5.73 Å². The monoisotopic (exact) mass is 330 g/mol. The maximum atomic E-state index is 13.0. The van der Waals surface area contributed by atoms with E-state index in [-0.39, 0.29) is 18.0 Å². The number of benzene rings is 1. The highest BCUT2D eigenvalue weighted by atomic mass is 32.1. The highest BCUT2D eigenvalue weighted by Crippen LogP contribution is 2.20. The van der Waals surface area contributed by atoms with Gasteiger partial charge in [0, 0.05) is 30.7 Å². The van der Waals surface area contributed by atoms with Gasteiger partial charge in [0.1, 0.15) is 5.01 Å². The first-order valence-electron chi connectivity index (χ1n) is 7.80. The van der Waals surface area contributed by atoms with E-state index in [0.29, 0.717) is 13.1 Å². The van der Waals surface area contributed by atoms with E-state index in [4.69, 9.17) is 5.73 Å². The Kier molecular flexibility index (Phi) is 5.05. The van der Waals surface area contributed by atoms with Crippen LogP contribution in [0.1, 0.15) is 17.0 Å². The molecule has 0 bridgehead atoms. The van der Waals surface area contributed by atoms with Crippen LogP contribution in [0.2, 0.25) is 0 Å². The van der Waals surface area contributed by atoms with Gasteiger partial charge in [-0.2, -0.15) is 0 Å². The third kappa shape index (κ3) is 3.96. The number of thiazole rings is 1. The number of hydrogen-bond acceptors (Lipinski definition) is 5. The Balaban J connectivity index is 1.78. The van der Waals surface area contributed by atoms with Gasteiger partial charge in [0.15, 0.2) is 0 Å². The van der Waals surface area contributed by atoms with Crippen LogP contribution in [-0.4, -0.2) is 46.4 Å². The van der Waals surface area contributed by atoms with Crippen LogP contribution < -0.4 is 5.73 Å². The molecule has 1 aromatic carbocycles. The lowest BCUT2D eigenvalue weighted by Crippen LogP contribution is -2.43. The summed E-state index contributed by atoms with van der Waals surface area (Å²) in [5.41, 5.74) is 7.15. The van der Waals surface area contributed by atoms with E-state index in [0.717, 1.165) is 23.5 Å². The van der Waals surface area contributed by atoms with Gasteiger partial charge < -0.3 is 10.6 Å². The zero-order valence-corrected chi connectivity index (χ0v) is 14.1. The number of amides is 1. The Bertz CT molecular complexity index is 631. The molecule has 2 N–H and O–H groups in total. The van der Waals surface area contributed by atoms with Crippen molar-refractivity contribution in [3.63, 3.8) is 0 Å². The van der Waals surface area contributed by atoms with Crippen LogP contribution in [-0.2, 0) is 17.9 Å². The molecule has 122 valence electrons. The van der Waals surface area contributed by atoms with E-state index in [2.05, 4.69) is 9.88 Å². The molecule has 0 radical (unpaired) electrons. The lowest BCUT2D eigenvalue weighted by Gasteiger charge is -2.28. The highest BCUT2D eigenvalue weighted by molar-refractivity contribution is 7.09. The van der Waals surface area contributed by atoms with E-state index >= 15 is 0 Å². The number of likely N-dealkylation sites (tertiary alicyclic amines) is 1. The van der Waals surface area contributed by atoms with Crippen LogP contribution in [0.4, 0.5) is 0 Å². The van der Waals surface area contributed by atoms with E-state index in [1.54, 1.807) is 17.5 Å². The number of nitrogens with zero attached hydrogens (tertiary/aromatic N) is 3. The predicted octanol–water partition coefficient (Wildman–Crippen LogP) is 1.70. The predicted molar refractivity (Wildman–Crippen MR) is 91.8 cm³/mol. The first-order valence-corrected chi connectivity index (χ1v) is 8.68. The molecule has 0 aliphatic carbocycles. The van der Waals surface area contributed by atoms with Gasteiger partial charge in [0.05, 0.1) is 12.6 Å². The van der Waals surface area contributed by atoms with Crippen molar-refractivity contribution in [3.8, 4) is 0 Å². The quantitative estimate of drug-likeness (QED) is 0.906. The Morgan fingerprint density at radius 3 is 2.78 bits per heavy atom. The molecule has 0 saturated carbocycles. The molecule has 1 amide bonds. The largest absolute Gasteiger partial charge is 0.330 e. The number of rotatable bonds is 5. The molecule has 2 aromatic rings. The number of carbonyl (C=O) groups is 1. The summed E-state index contributed by atoms with van der Waals surface area (Å²) in [6, 6.07) is 10.0. The smallest absolute Gasteiger partial charge is 0.240 e. The van der Waals surface area contributed by atoms with E-state index in [9.17, 15) is 4.79 Å². The van der Waals surface area contributed by atoms with Crippen molar-refractivity contribution in [3.05, 3.63) is 52.5 Å². The maximum Gasteiger partial charge on any atom is 0.240 e. The van der Waals surface area contributed by atoms with Crippen LogP contribution in [0, 0.1) is 0 Å². The van der Waals surface area contributed by atoms with Gasteiger partial charge >= 0.3 is 0 Å². The first kappa shape index (κ1) is 16.1. The zero-order chi connectivity index (χ0) is 16.2. The molecule has 1 saturated heterocycles. The molecule has 6 heteroatoms. The fourth-order valence-corrected chi connectivity index (χ4v) is 3.68. The van der Waals surface area contributed by atoms with Gasteiger partial charge in [-0.1, -0.05) is 30.3 Å². The molecular formula is C17H22N4OS. The van der Waals surface area contributed by atoms with E-state index in [1.165, 1.54) is 0 Å². The lowest BCUT2D eigenvalue weighted by atomic mass is 10.1. The van der Waals surface area contributed by atoms with Crippen LogP contribution in [0.3, 0.4) is 0 Å². The average molecular weight is 330 g/mol. The number of nitrogens with two attached hydrogens (primary N) is 1. The van der Waals surface area contributed by atoms with Gasteiger partial charge in [0.25, 0.3) is 0 Å². The maximum absolute atomic E-state index is 13.0. The van der Waals surface area contributed by atoms with E-state index < -0.39 is 0 Å². The molecule has 1 aromatic heterocycles. The van der Waals surface area contributed by atoms with Crippen molar-refractivity contribution in [2.45, 2.75) is 31.6 Å². The number of hydrogen-bond donors (Lipinski definition) is 1. The van der Waals surface area contributed by atoms with Crippen molar-refractivity contribution in [1.29, 1.82) is 0 Å². The Morgan fingerprint density at radius 2 is 2.17 bits per heavy atom. The van der Waals surface area contributed by atoms with Crippen LogP contribution in [0.15, 0.2) is 41.9 Å². The minimum Gasteiger partial charge on any atom is -0.330 e. The summed E-state index contributed by atoms with van der Waals surface area (Å²) in [4.78, 5) is 21.3. The molecule has 0 spiro atoms. The highest BCUT2D eigenvalue weighted by Gasteiger charge is 2.35. The molecule has 3 rings (SSSR count). The SMILES string of the molecule is CN1C[C@@H](N)C[C@H]1C(=O)N(Cc1ccccc1)Cc1nccs1. The third-order valence-electron chi connectivity index (χ3n) is 4.20. The van der Waals surface area contributed by atoms with Gasteiger partial charge in [-0.25, -0.2) is 4.98 Å². The molecule has 0 unspecified atom stereocenters. The van der Waals surface area contributed by atoms with Gasteiger partial charge in [-0.05, 0) is 19.0 Å². The van der Waals surface area contributed by atoms with Gasteiger partial charge in [-0.3, -0.25) is 9.69 Å². The molecule has 23 heavy (non-hydrogen) atoms. The Morgan fingerprint density at radius 1 is 1.39 bits per heavy atom. The molecule has 2 heterocycles. The summed E-state index contributed by atoms with van der Waals surface area (Å²) in [7, 11) is 1.97. The second kappa shape index (κ2) is 7.21. The number of likely N-dealkylation sites (N-methyl/N-ethyl adjacent to an activating group) is 1. The topological polar surface area (TPSA) is 62.5 Å². The summed E-state index contributed by atoms with van der Waals surface area (Å²) < 4.78 is 0. The number of aromatic nitrogens is 1. The normalized spacial score (nSPS) is 21.5. The minimum atomic E-state index is -0.131. The minimum absolute atomic E-state index is 0.0763. The Hall–Kier alpha value is -1.76. The van der Waals surface area contributed by atoms with Crippen molar-refractivity contribution < 1.29 is 4.79 Å². The third-order valence-corrected chi connectivity index (χ3v) is 4.97. The average Bonchev–Trinajstić information content (AvgIpc) is 3.16.